The normalized spacial score (nSPS) is 9.10. The number of carbonyl (C=O) groups is 2. The molecular formula is C18H26O3. The lowest BCUT2D eigenvalue weighted by atomic mass is 10.0. The van der Waals surface area contributed by atoms with Gasteiger partial charge in [0.15, 0.2) is 5.78 Å². The van der Waals surface area contributed by atoms with Crippen LogP contribution in [0.25, 0.3) is 0 Å². The number of rotatable bonds is 5. The summed E-state index contributed by atoms with van der Waals surface area (Å²) in [5, 5.41) is 0. The van der Waals surface area contributed by atoms with Crippen molar-refractivity contribution in [1.29, 1.82) is 0 Å². The van der Waals surface area contributed by atoms with Crippen molar-refractivity contribution in [3.63, 3.8) is 0 Å². The molecule has 0 heterocycles. The molecule has 0 saturated carbocycles. The zero-order valence-electron chi connectivity index (χ0n) is 12.4. The highest BCUT2D eigenvalue weighted by atomic mass is 16.5. The summed E-state index contributed by atoms with van der Waals surface area (Å²) in [6, 6.07) is 7.21. The van der Waals surface area contributed by atoms with E-state index in [9.17, 15) is 9.59 Å². The van der Waals surface area contributed by atoms with Crippen LogP contribution >= 0.6 is 0 Å². The highest BCUT2D eigenvalue weighted by Crippen LogP contribution is 2.10. The maximum absolute atomic E-state index is 11.6. The molecule has 0 saturated heterocycles. The molecule has 0 bridgehead atoms. The van der Waals surface area contributed by atoms with E-state index in [2.05, 4.69) is 6.58 Å². The van der Waals surface area contributed by atoms with Gasteiger partial charge in [0.2, 0.25) is 0 Å². The minimum Gasteiger partial charge on any atom is -0.466 e. The molecule has 1 aromatic rings. The van der Waals surface area contributed by atoms with Crippen molar-refractivity contribution in [2.75, 3.05) is 6.61 Å². The van der Waals surface area contributed by atoms with Crippen LogP contribution in [0.1, 0.15) is 43.6 Å². The summed E-state index contributed by atoms with van der Waals surface area (Å²) in [6.07, 6.45) is 5.39. The zero-order valence-corrected chi connectivity index (χ0v) is 12.4. The van der Waals surface area contributed by atoms with Crippen LogP contribution in [0.5, 0.6) is 0 Å². The summed E-state index contributed by atoms with van der Waals surface area (Å²) in [4.78, 5) is 22.7. The van der Waals surface area contributed by atoms with Crippen LogP contribution in [0.3, 0.4) is 0 Å². The van der Waals surface area contributed by atoms with Gasteiger partial charge in [0.1, 0.15) is 6.42 Å². The van der Waals surface area contributed by atoms with Crippen LogP contribution < -0.4 is 0 Å². The van der Waals surface area contributed by atoms with E-state index in [1.54, 1.807) is 25.1 Å². The summed E-state index contributed by atoms with van der Waals surface area (Å²) in [5.74, 6) is -0.655. The monoisotopic (exact) mass is 290 g/mol. The lowest BCUT2D eigenvalue weighted by molar-refractivity contribution is -0.141. The van der Waals surface area contributed by atoms with Gasteiger partial charge in [-0.15, -0.1) is 0 Å². The second-order valence-electron chi connectivity index (χ2n) is 3.98. The lowest BCUT2D eigenvalue weighted by Gasteiger charge is -2.04. The van der Waals surface area contributed by atoms with Gasteiger partial charge in [0, 0.05) is 5.56 Å². The molecule has 21 heavy (non-hydrogen) atoms. The minimum absolute atomic E-state index is 0. The van der Waals surface area contributed by atoms with E-state index >= 15 is 0 Å². The van der Waals surface area contributed by atoms with Crippen molar-refractivity contribution < 1.29 is 14.3 Å². The Balaban J connectivity index is 0. The molecule has 3 heteroatoms. The number of ketones is 1. The van der Waals surface area contributed by atoms with Gasteiger partial charge < -0.3 is 4.74 Å². The largest absolute Gasteiger partial charge is 0.466 e. The summed E-state index contributed by atoms with van der Waals surface area (Å²) in [5.41, 5.74) is 1.47. The fraction of sp³-hybridized carbons (Fsp3) is 0.333. The average molecular weight is 290 g/mol. The first-order chi connectivity index (χ1) is 9.56. The minimum atomic E-state index is -0.467. The van der Waals surface area contributed by atoms with Crippen LogP contribution in [-0.2, 0) is 9.53 Å². The van der Waals surface area contributed by atoms with Crippen molar-refractivity contribution in [1.82, 2.24) is 0 Å². The van der Waals surface area contributed by atoms with Gasteiger partial charge in [-0.1, -0.05) is 56.5 Å². The smallest absolute Gasteiger partial charge is 0.313 e. The van der Waals surface area contributed by atoms with E-state index in [4.69, 9.17) is 4.74 Å². The Morgan fingerprint density at radius 3 is 2.33 bits per heavy atom. The maximum Gasteiger partial charge on any atom is 0.313 e. The molecule has 0 aromatic heterocycles. The molecule has 0 spiro atoms. The highest BCUT2D eigenvalue weighted by Gasteiger charge is 2.13. The number of benzene rings is 1. The lowest BCUT2D eigenvalue weighted by Crippen LogP contribution is -2.12. The SMILES string of the molecule is C.C=C/C=C\C.CCOC(=O)CC(=O)c1ccccc1C. The molecule has 3 nitrogen and oxygen atoms in total. The zero-order chi connectivity index (χ0) is 15.4. The molecule has 116 valence electrons. The van der Waals surface area contributed by atoms with Crippen molar-refractivity contribution >= 4 is 11.8 Å². The highest BCUT2D eigenvalue weighted by molar-refractivity contribution is 6.06. The van der Waals surface area contributed by atoms with Crippen LogP contribution in [-0.4, -0.2) is 18.4 Å². The van der Waals surface area contributed by atoms with Crippen molar-refractivity contribution in [2.24, 2.45) is 0 Å². The van der Waals surface area contributed by atoms with E-state index in [-0.39, 0.29) is 19.6 Å². The predicted octanol–water partition coefficient (Wildman–Crippen LogP) is 4.52. The van der Waals surface area contributed by atoms with Gasteiger partial charge in [-0.2, -0.15) is 0 Å². The number of hydrogen-bond donors (Lipinski definition) is 0. The predicted molar refractivity (Wildman–Crippen MR) is 88.5 cm³/mol. The maximum atomic E-state index is 11.6. The van der Waals surface area contributed by atoms with Gasteiger partial charge in [-0.25, -0.2) is 0 Å². The molecule has 1 aromatic carbocycles. The van der Waals surface area contributed by atoms with E-state index in [0.29, 0.717) is 12.2 Å². The number of aryl methyl sites for hydroxylation is 1. The van der Waals surface area contributed by atoms with Gasteiger partial charge in [0.25, 0.3) is 0 Å². The Morgan fingerprint density at radius 2 is 1.90 bits per heavy atom. The topological polar surface area (TPSA) is 43.4 Å². The van der Waals surface area contributed by atoms with Gasteiger partial charge in [-0.05, 0) is 26.3 Å². The number of allylic oxidation sites excluding steroid dienone is 3. The molecular weight excluding hydrogens is 264 g/mol. The average Bonchev–Trinajstić information content (AvgIpc) is 2.41. The summed E-state index contributed by atoms with van der Waals surface area (Å²) in [7, 11) is 0. The fourth-order valence-corrected chi connectivity index (χ4v) is 1.46. The van der Waals surface area contributed by atoms with Gasteiger partial charge >= 0.3 is 5.97 Å². The Morgan fingerprint density at radius 1 is 1.29 bits per heavy atom. The summed E-state index contributed by atoms with van der Waals surface area (Å²) in [6.45, 7) is 9.29. The Hall–Kier alpha value is -2.16. The Labute approximate surface area is 128 Å². The van der Waals surface area contributed by atoms with Crippen LogP contribution in [0.2, 0.25) is 0 Å². The molecule has 0 radical (unpaired) electrons. The molecule has 0 atom stereocenters. The Kier molecular flexibility index (Phi) is 12.9. The van der Waals surface area contributed by atoms with E-state index in [1.165, 1.54) is 0 Å². The van der Waals surface area contributed by atoms with Crippen LogP contribution in [0, 0.1) is 6.92 Å². The van der Waals surface area contributed by atoms with Crippen molar-refractivity contribution in [3.05, 3.63) is 60.2 Å². The second kappa shape index (κ2) is 12.9. The van der Waals surface area contributed by atoms with Crippen molar-refractivity contribution in [3.8, 4) is 0 Å². The number of ether oxygens (including phenoxy) is 1. The number of carbonyl (C=O) groups excluding carboxylic acids is 2. The molecule has 0 amide bonds. The van der Waals surface area contributed by atoms with E-state index < -0.39 is 5.97 Å². The summed E-state index contributed by atoms with van der Waals surface area (Å²) < 4.78 is 4.71. The first-order valence-corrected chi connectivity index (χ1v) is 6.54. The third-order valence-corrected chi connectivity index (χ3v) is 2.38. The van der Waals surface area contributed by atoms with Crippen molar-refractivity contribution in [2.45, 2.75) is 34.6 Å². The molecule has 0 aliphatic rings. The van der Waals surface area contributed by atoms with E-state index in [0.717, 1.165) is 5.56 Å². The molecule has 1 rings (SSSR count). The molecule has 0 unspecified atom stereocenters. The van der Waals surface area contributed by atoms with E-state index in [1.807, 2.05) is 38.1 Å². The quantitative estimate of drug-likeness (QED) is 0.347. The first kappa shape index (κ1) is 21.1. The third kappa shape index (κ3) is 9.38. The first-order valence-electron chi connectivity index (χ1n) is 6.54. The molecule has 0 aliphatic heterocycles. The second-order valence-corrected chi connectivity index (χ2v) is 3.98. The van der Waals surface area contributed by atoms with Gasteiger partial charge in [0.05, 0.1) is 6.61 Å². The van der Waals surface area contributed by atoms with Gasteiger partial charge in [-0.3, -0.25) is 9.59 Å². The summed E-state index contributed by atoms with van der Waals surface area (Å²) >= 11 is 0. The fourth-order valence-electron chi connectivity index (χ4n) is 1.46. The Bertz CT molecular complexity index is 473. The van der Waals surface area contributed by atoms with Crippen LogP contribution in [0.15, 0.2) is 49.1 Å². The number of Topliss-reactive ketones (excluding diaryl/α,β-unsaturated/α-hetero) is 1. The number of hydrogen-bond acceptors (Lipinski definition) is 3. The molecule has 0 aliphatic carbocycles. The standard InChI is InChI=1S/C12H14O3.C5H8.CH4/c1-3-15-12(14)8-11(13)10-7-5-4-6-9(10)2;1-3-5-4-2;/h4-7H,3,8H2,1-2H3;3-5H,1H2,2H3;1H4/b;5-4-;. The molecule has 0 fully saturated rings. The molecule has 0 N–H and O–H groups in total. The number of esters is 1. The third-order valence-electron chi connectivity index (χ3n) is 2.38. The van der Waals surface area contributed by atoms with Crippen LogP contribution in [0.4, 0.5) is 0 Å².